The minimum Gasteiger partial charge on any atom is -0.408 e. The third-order valence-electron chi connectivity index (χ3n) is 3.07. The highest BCUT2D eigenvalue weighted by atomic mass is 32.1. The van der Waals surface area contributed by atoms with Gasteiger partial charge in [0, 0.05) is 17.7 Å². The number of rotatable bonds is 5. The summed E-state index contributed by atoms with van der Waals surface area (Å²) in [5.41, 5.74) is 1.20. The molecule has 1 aliphatic rings. The van der Waals surface area contributed by atoms with Crippen molar-refractivity contribution in [3.63, 3.8) is 0 Å². The van der Waals surface area contributed by atoms with Crippen molar-refractivity contribution in [2.45, 2.75) is 52.5 Å². The molecular formula is C14H20N4OS. The highest BCUT2D eigenvalue weighted by Gasteiger charge is 2.26. The molecule has 0 atom stereocenters. The molecule has 1 N–H and O–H groups in total. The average molecular weight is 292 g/mol. The molecule has 2 aromatic heterocycles. The van der Waals surface area contributed by atoms with Crippen molar-refractivity contribution in [2.24, 2.45) is 5.41 Å². The third kappa shape index (κ3) is 3.56. The van der Waals surface area contributed by atoms with Crippen molar-refractivity contribution >= 4 is 17.4 Å². The first-order valence-electron chi connectivity index (χ1n) is 7.00. The lowest BCUT2D eigenvalue weighted by Crippen LogP contribution is -2.09. The molecule has 0 spiro atoms. The second-order valence-corrected chi connectivity index (χ2v) is 7.43. The quantitative estimate of drug-likeness (QED) is 0.912. The zero-order valence-corrected chi connectivity index (χ0v) is 13.0. The number of hydrogen-bond donors (Lipinski definition) is 1. The van der Waals surface area contributed by atoms with Crippen molar-refractivity contribution in [3.05, 3.63) is 22.0 Å². The van der Waals surface area contributed by atoms with Crippen molar-refractivity contribution in [2.75, 3.05) is 5.32 Å². The van der Waals surface area contributed by atoms with E-state index in [0.29, 0.717) is 18.5 Å². The number of nitrogens with zero attached hydrogens (tertiary/aromatic N) is 3. The first-order chi connectivity index (χ1) is 9.49. The van der Waals surface area contributed by atoms with Crippen LogP contribution in [0.25, 0.3) is 0 Å². The number of anilines is 1. The molecule has 0 saturated heterocycles. The Kier molecular flexibility index (Phi) is 3.50. The Labute approximate surface area is 122 Å². The van der Waals surface area contributed by atoms with Gasteiger partial charge in [0.1, 0.15) is 0 Å². The predicted molar refractivity (Wildman–Crippen MR) is 78.9 cm³/mol. The van der Waals surface area contributed by atoms with Crippen LogP contribution in [-0.2, 0) is 13.0 Å². The molecule has 6 heteroatoms. The molecule has 0 amide bonds. The Hall–Kier alpha value is -1.43. The Morgan fingerprint density at radius 3 is 2.85 bits per heavy atom. The molecule has 0 bridgehead atoms. The smallest absolute Gasteiger partial charge is 0.315 e. The fourth-order valence-corrected chi connectivity index (χ4v) is 2.93. The summed E-state index contributed by atoms with van der Waals surface area (Å²) in [6.07, 6.45) is 3.37. The van der Waals surface area contributed by atoms with Crippen LogP contribution in [0, 0.1) is 5.41 Å². The maximum atomic E-state index is 5.59. The second kappa shape index (κ2) is 5.16. The molecule has 0 radical (unpaired) electrons. The SMILES string of the molecule is CC(C)(C)Cc1nnc(NCc2csc(C3CC3)n2)o1. The molecule has 1 aliphatic carbocycles. The summed E-state index contributed by atoms with van der Waals surface area (Å²) < 4.78 is 5.59. The normalized spacial score (nSPS) is 15.6. The lowest BCUT2D eigenvalue weighted by Gasteiger charge is -2.14. The fourth-order valence-electron chi connectivity index (χ4n) is 1.94. The summed E-state index contributed by atoms with van der Waals surface area (Å²) in [6.45, 7) is 7.09. The Morgan fingerprint density at radius 1 is 1.35 bits per heavy atom. The standard InChI is InChI=1S/C14H20N4OS/c1-14(2,3)6-11-17-18-13(19-11)15-7-10-8-20-12(16-10)9-4-5-9/h8-9H,4-7H2,1-3H3,(H,15,18). The van der Waals surface area contributed by atoms with Crippen LogP contribution in [0.1, 0.15) is 56.1 Å². The molecular weight excluding hydrogens is 272 g/mol. The molecule has 5 nitrogen and oxygen atoms in total. The summed E-state index contributed by atoms with van der Waals surface area (Å²) in [6, 6.07) is 0.477. The number of hydrogen-bond acceptors (Lipinski definition) is 6. The van der Waals surface area contributed by atoms with Gasteiger partial charge in [-0.15, -0.1) is 16.4 Å². The van der Waals surface area contributed by atoms with Crippen molar-refractivity contribution in [3.8, 4) is 0 Å². The monoisotopic (exact) mass is 292 g/mol. The molecule has 1 saturated carbocycles. The van der Waals surface area contributed by atoms with Gasteiger partial charge in [-0.2, -0.15) is 0 Å². The summed E-state index contributed by atoms with van der Waals surface area (Å²) in [5, 5.41) is 14.6. The van der Waals surface area contributed by atoms with Crippen LogP contribution < -0.4 is 5.32 Å². The topological polar surface area (TPSA) is 63.8 Å². The zero-order valence-electron chi connectivity index (χ0n) is 12.1. The van der Waals surface area contributed by atoms with E-state index in [9.17, 15) is 0 Å². The van der Waals surface area contributed by atoms with Crippen LogP contribution in [-0.4, -0.2) is 15.2 Å². The minimum absolute atomic E-state index is 0.151. The van der Waals surface area contributed by atoms with E-state index in [2.05, 4.69) is 46.6 Å². The summed E-state index contributed by atoms with van der Waals surface area (Å²) >= 11 is 1.75. The molecule has 0 unspecified atom stereocenters. The zero-order chi connectivity index (χ0) is 14.2. The summed E-state index contributed by atoms with van der Waals surface area (Å²) in [5.74, 6) is 1.40. The molecule has 2 heterocycles. The molecule has 0 aliphatic heterocycles. The molecule has 0 aromatic carbocycles. The third-order valence-corrected chi connectivity index (χ3v) is 4.12. The Balaban J connectivity index is 1.54. The van der Waals surface area contributed by atoms with Gasteiger partial charge in [-0.3, -0.25) is 0 Å². The lowest BCUT2D eigenvalue weighted by molar-refractivity contribution is 0.357. The predicted octanol–water partition coefficient (Wildman–Crippen LogP) is 3.60. The van der Waals surface area contributed by atoms with Gasteiger partial charge >= 0.3 is 6.01 Å². The van der Waals surface area contributed by atoms with Crippen LogP contribution in [0.15, 0.2) is 9.80 Å². The minimum atomic E-state index is 0.151. The highest BCUT2D eigenvalue weighted by molar-refractivity contribution is 7.09. The van der Waals surface area contributed by atoms with Gasteiger partial charge in [0.15, 0.2) is 0 Å². The Bertz CT molecular complexity index is 580. The first kappa shape index (κ1) is 13.5. The maximum Gasteiger partial charge on any atom is 0.315 e. The van der Waals surface area contributed by atoms with Gasteiger partial charge in [0.2, 0.25) is 5.89 Å². The van der Waals surface area contributed by atoms with E-state index >= 15 is 0 Å². The average Bonchev–Trinajstić information content (AvgIpc) is 2.94. The Morgan fingerprint density at radius 2 is 2.15 bits per heavy atom. The van der Waals surface area contributed by atoms with Crippen LogP contribution in [0.4, 0.5) is 6.01 Å². The first-order valence-corrected chi connectivity index (χ1v) is 7.88. The molecule has 108 valence electrons. The summed E-state index contributed by atoms with van der Waals surface area (Å²) in [4.78, 5) is 4.62. The van der Waals surface area contributed by atoms with Crippen molar-refractivity contribution in [1.29, 1.82) is 0 Å². The summed E-state index contributed by atoms with van der Waals surface area (Å²) in [7, 11) is 0. The van der Waals surface area contributed by atoms with E-state index in [1.807, 2.05) is 0 Å². The molecule has 3 rings (SSSR count). The lowest BCUT2D eigenvalue weighted by atomic mass is 9.92. The molecule has 1 fully saturated rings. The van der Waals surface area contributed by atoms with E-state index in [0.717, 1.165) is 18.0 Å². The van der Waals surface area contributed by atoms with E-state index < -0.39 is 0 Å². The van der Waals surface area contributed by atoms with Gasteiger partial charge in [-0.1, -0.05) is 25.9 Å². The molecule has 20 heavy (non-hydrogen) atoms. The van der Waals surface area contributed by atoms with Gasteiger partial charge in [0.05, 0.1) is 17.2 Å². The van der Waals surface area contributed by atoms with Crippen LogP contribution in [0.5, 0.6) is 0 Å². The van der Waals surface area contributed by atoms with E-state index in [4.69, 9.17) is 4.42 Å². The van der Waals surface area contributed by atoms with E-state index in [-0.39, 0.29) is 5.41 Å². The van der Waals surface area contributed by atoms with E-state index in [1.54, 1.807) is 11.3 Å². The van der Waals surface area contributed by atoms with Crippen molar-refractivity contribution in [1.82, 2.24) is 15.2 Å². The fraction of sp³-hybridized carbons (Fsp3) is 0.643. The molecule has 2 aromatic rings. The van der Waals surface area contributed by atoms with Gasteiger partial charge in [0.25, 0.3) is 0 Å². The van der Waals surface area contributed by atoms with Crippen LogP contribution >= 0.6 is 11.3 Å². The largest absolute Gasteiger partial charge is 0.408 e. The van der Waals surface area contributed by atoms with Crippen LogP contribution in [0.3, 0.4) is 0 Å². The number of aromatic nitrogens is 3. The number of thiazole rings is 1. The van der Waals surface area contributed by atoms with E-state index in [1.165, 1.54) is 17.8 Å². The van der Waals surface area contributed by atoms with Crippen molar-refractivity contribution < 1.29 is 4.42 Å². The maximum absolute atomic E-state index is 5.59. The highest BCUT2D eigenvalue weighted by Crippen LogP contribution is 2.41. The van der Waals surface area contributed by atoms with Gasteiger partial charge in [-0.05, 0) is 18.3 Å². The van der Waals surface area contributed by atoms with Crippen LogP contribution in [0.2, 0.25) is 0 Å². The van der Waals surface area contributed by atoms with Gasteiger partial charge < -0.3 is 9.73 Å². The van der Waals surface area contributed by atoms with Gasteiger partial charge in [-0.25, -0.2) is 4.98 Å². The second-order valence-electron chi connectivity index (χ2n) is 6.54. The number of nitrogens with one attached hydrogen (secondary N) is 1.